The summed E-state index contributed by atoms with van der Waals surface area (Å²) in [5, 5.41) is 13.8. The van der Waals surface area contributed by atoms with Gasteiger partial charge in [-0.05, 0) is 61.5 Å². The van der Waals surface area contributed by atoms with Gasteiger partial charge in [-0.3, -0.25) is 9.59 Å². The number of ether oxygens (including phenoxy) is 1. The average molecular weight is 415 g/mol. The fourth-order valence-corrected chi connectivity index (χ4v) is 3.20. The summed E-state index contributed by atoms with van der Waals surface area (Å²) in [4.78, 5) is 25.1. The fourth-order valence-electron chi connectivity index (χ4n) is 3.20. The van der Waals surface area contributed by atoms with E-state index < -0.39 is 0 Å². The van der Waals surface area contributed by atoms with E-state index in [1.54, 1.807) is 60.3 Å². The largest absolute Gasteiger partial charge is 0.495 e. The molecule has 156 valence electrons. The monoisotopic (exact) mass is 415 g/mol. The molecule has 0 radical (unpaired) electrons. The number of rotatable bonds is 6. The molecule has 0 fully saturated rings. The third kappa shape index (κ3) is 4.23. The van der Waals surface area contributed by atoms with Gasteiger partial charge in [-0.15, -0.1) is 5.10 Å². The van der Waals surface area contributed by atoms with Crippen molar-refractivity contribution in [2.45, 2.75) is 13.5 Å². The van der Waals surface area contributed by atoms with Crippen LogP contribution in [0.4, 0.5) is 11.4 Å². The molecule has 8 heteroatoms. The summed E-state index contributed by atoms with van der Waals surface area (Å²) in [6.45, 7) is 2.69. The van der Waals surface area contributed by atoms with Gasteiger partial charge in [0.2, 0.25) is 0 Å². The van der Waals surface area contributed by atoms with Crippen molar-refractivity contribution in [3.63, 3.8) is 0 Å². The van der Waals surface area contributed by atoms with Gasteiger partial charge in [-0.1, -0.05) is 17.3 Å². The molecule has 0 unspecified atom stereocenters. The number of hydrogen-bond acceptors (Lipinski definition) is 5. The van der Waals surface area contributed by atoms with Crippen LogP contribution in [0.15, 0.2) is 66.7 Å². The van der Waals surface area contributed by atoms with Crippen LogP contribution >= 0.6 is 0 Å². The van der Waals surface area contributed by atoms with Gasteiger partial charge in [0.05, 0.1) is 18.3 Å². The minimum atomic E-state index is -0.271. The molecule has 3 aromatic carbocycles. The van der Waals surface area contributed by atoms with Crippen LogP contribution in [0.1, 0.15) is 27.6 Å². The van der Waals surface area contributed by atoms with E-state index in [1.807, 2.05) is 25.1 Å². The lowest BCUT2D eigenvalue weighted by atomic mass is 10.1. The molecule has 0 bridgehead atoms. The maximum Gasteiger partial charge on any atom is 0.255 e. The maximum absolute atomic E-state index is 12.6. The number of methoxy groups -OCH3 is 1. The molecule has 0 aliphatic rings. The first-order valence-corrected chi connectivity index (χ1v) is 9.78. The smallest absolute Gasteiger partial charge is 0.255 e. The topological polar surface area (TPSA) is 98.1 Å². The molecule has 31 heavy (non-hydrogen) atoms. The fraction of sp³-hybridized carbons (Fsp3) is 0.130. The summed E-state index contributed by atoms with van der Waals surface area (Å²) in [6, 6.07) is 19.1. The first kappa shape index (κ1) is 20.1. The zero-order valence-corrected chi connectivity index (χ0v) is 17.1. The molecular weight excluding hydrogens is 394 g/mol. The summed E-state index contributed by atoms with van der Waals surface area (Å²) in [5.74, 6) is 0.0432. The van der Waals surface area contributed by atoms with Crippen LogP contribution in [0.5, 0.6) is 5.75 Å². The Morgan fingerprint density at radius 2 is 1.65 bits per heavy atom. The summed E-state index contributed by atoms with van der Waals surface area (Å²) in [7, 11) is 1.55. The number of amides is 2. The second-order valence-electron chi connectivity index (χ2n) is 6.79. The highest BCUT2D eigenvalue weighted by Crippen LogP contribution is 2.24. The number of nitrogens with one attached hydrogen (secondary N) is 2. The normalized spacial score (nSPS) is 10.6. The minimum Gasteiger partial charge on any atom is -0.495 e. The molecule has 8 nitrogen and oxygen atoms in total. The number of carbonyl (C=O) groups is 2. The van der Waals surface area contributed by atoms with E-state index in [0.29, 0.717) is 40.3 Å². The van der Waals surface area contributed by atoms with Crippen LogP contribution in [0.25, 0.3) is 11.0 Å². The third-order valence-corrected chi connectivity index (χ3v) is 4.84. The molecule has 0 spiro atoms. The van der Waals surface area contributed by atoms with Crippen molar-refractivity contribution in [3.05, 3.63) is 77.9 Å². The molecular formula is C23H21N5O3. The Hall–Kier alpha value is -4.20. The summed E-state index contributed by atoms with van der Waals surface area (Å²) < 4.78 is 7.02. The number of anilines is 2. The predicted octanol–water partition coefficient (Wildman–Crippen LogP) is 3.96. The van der Waals surface area contributed by atoms with E-state index in [1.165, 1.54) is 0 Å². The summed E-state index contributed by atoms with van der Waals surface area (Å²) >= 11 is 0. The molecule has 1 heterocycles. The van der Waals surface area contributed by atoms with E-state index >= 15 is 0 Å². The molecule has 2 amide bonds. The van der Waals surface area contributed by atoms with Gasteiger partial charge in [0.25, 0.3) is 11.8 Å². The quantitative estimate of drug-likeness (QED) is 0.497. The van der Waals surface area contributed by atoms with Crippen molar-refractivity contribution in [1.29, 1.82) is 0 Å². The first-order chi connectivity index (χ1) is 15.1. The van der Waals surface area contributed by atoms with Crippen molar-refractivity contribution in [3.8, 4) is 5.75 Å². The van der Waals surface area contributed by atoms with E-state index in [0.717, 1.165) is 5.52 Å². The standard InChI is InChI=1S/C23H21N5O3/c1-3-28-20-13-10-16(14-19(20)26-27-28)23(30)24-17-11-8-15(9-12-17)22(29)25-18-6-4-5-7-21(18)31-2/h4-14H,3H2,1-2H3,(H,24,30)(H,25,29). The summed E-state index contributed by atoms with van der Waals surface area (Å²) in [6.07, 6.45) is 0. The lowest BCUT2D eigenvalue weighted by Crippen LogP contribution is -2.14. The number of hydrogen-bond donors (Lipinski definition) is 2. The van der Waals surface area contributed by atoms with Crippen LogP contribution in [0.2, 0.25) is 0 Å². The molecule has 4 aromatic rings. The molecule has 1 aromatic heterocycles. The molecule has 2 N–H and O–H groups in total. The van der Waals surface area contributed by atoms with Gasteiger partial charge in [0.1, 0.15) is 11.3 Å². The third-order valence-electron chi connectivity index (χ3n) is 4.84. The number of fused-ring (bicyclic) bond motifs is 1. The number of nitrogens with zero attached hydrogens (tertiary/aromatic N) is 3. The number of benzene rings is 3. The lowest BCUT2D eigenvalue weighted by Gasteiger charge is -2.10. The zero-order valence-electron chi connectivity index (χ0n) is 17.1. The van der Waals surface area contributed by atoms with Crippen molar-refractivity contribution in [2.24, 2.45) is 0 Å². The Bertz CT molecular complexity index is 1250. The van der Waals surface area contributed by atoms with Crippen LogP contribution in [0.3, 0.4) is 0 Å². The highest BCUT2D eigenvalue weighted by Gasteiger charge is 2.12. The van der Waals surface area contributed by atoms with Crippen molar-refractivity contribution < 1.29 is 14.3 Å². The zero-order chi connectivity index (χ0) is 21.8. The Labute approximate surface area is 178 Å². The highest BCUT2D eigenvalue weighted by atomic mass is 16.5. The molecule has 0 aliphatic carbocycles. The minimum absolute atomic E-state index is 0.265. The van der Waals surface area contributed by atoms with E-state index in [-0.39, 0.29) is 11.8 Å². The van der Waals surface area contributed by atoms with Crippen LogP contribution in [0, 0.1) is 0 Å². The molecule has 0 saturated heterocycles. The van der Waals surface area contributed by atoms with Gasteiger partial charge < -0.3 is 15.4 Å². The SMILES string of the molecule is CCn1nnc2cc(C(=O)Nc3ccc(C(=O)Nc4ccccc4OC)cc3)ccc21. The second kappa shape index (κ2) is 8.66. The van der Waals surface area contributed by atoms with Gasteiger partial charge in [-0.25, -0.2) is 4.68 Å². The number of carbonyl (C=O) groups excluding carboxylic acids is 2. The first-order valence-electron chi connectivity index (χ1n) is 9.78. The van der Waals surface area contributed by atoms with Crippen molar-refractivity contribution >= 4 is 34.2 Å². The van der Waals surface area contributed by atoms with Crippen LogP contribution in [-0.4, -0.2) is 33.9 Å². The average Bonchev–Trinajstić information content (AvgIpc) is 3.22. The van der Waals surface area contributed by atoms with Crippen molar-refractivity contribution in [2.75, 3.05) is 17.7 Å². The van der Waals surface area contributed by atoms with E-state index in [9.17, 15) is 9.59 Å². The Kier molecular flexibility index (Phi) is 5.61. The highest BCUT2D eigenvalue weighted by molar-refractivity contribution is 6.07. The van der Waals surface area contributed by atoms with Crippen LogP contribution < -0.4 is 15.4 Å². The molecule has 4 rings (SSSR count). The molecule has 0 aliphatic heterocycles. The maximum atomic E-state index is 12.6. The van der Waals surface area contributed by atoms with Gasteiger partial charge in [0, 0.05) is 23.4 Å². The van der Waals surface area contributed by atoms with Gasteiger partial charge in [-0.2, -0.15) is 0 Å². The number of para-hydroxylation sites is 2. The Balaban J connectivity index is 1.44. The van der Waals surface area contributed by atoms with Crippen LogP contribution in [-0.2, 0) is 6.54 Å². The molecule has 0 atom stereocenters. The van der Waals surface area contributed by atoms with Crippen molar-refractivity contribution in [1.82, 2.24) is 15.0 Å². The molecule has 0 saturated carbocycles. The Morgan fingerprint density at radius 3 is 2.39 bits per heavy atom. The predicted molar refractivity (Wildman–Crippen MR) is 119 cm³/mol. The number of aromatic nitrogens is 3. The van der Waals surface area contributed by atoms with Gasteiger partial charge in [0.15, 0.2) is 0 Å². The van der Waals surface area contributed by atoms with E-state index in [4.69, 9.17) is 4.74 Å². The van der Waals surface area contributed by atoms with Gasteiger partial charge >= 0.3 is 0 Å². The van der Waals surface area contributed by atoms with E-state index in [2.05, 4.69) is 20.9 Å². The second-order valence-corrected chi connectivity index (χ2v) is 6.79. The number of aryl methyl sites for hydroxylation is 1. The Morgan fingerprint density at radius 1 is 0.935 bits per heavy atom. The lowest BCUT2D eigenvalue weighted by molar-refractivity contribution is 0.102. The summed E-state index contributed by atoms with van der Waals surface area (Å²) in [5.41, 5.74) is 3.65.